The third-order valence-electron chi connectivity index (χ3n) is 1.56. The zero-order valence-corrected chi connectivity index (χ0v) is 9.64. The topological polar surface area (TPSA) is 80.7 Å². The van der Waals surface area contributed by atoms with Crippen LogP contribution in [0.25, 0.3) is 0 Å². The molecule has 0 radical (unpaired) electrons. The smallest absolute Gasteiger partial charge is 0.478 e. The van der Waals surface area contributed by atoms with Crippen molar-refractivity contribution in [1.82, 2.24) is 0 Å². The van der Waals surface area contributed by atoms with Gasteiger partial charge in [0, 0.05) is 6.42 Å². The Kier molecular flexibility index (Phi) is 5.46. The minimum absolute atomic E-state index is 0.196. The second kappa shape index (κ2) is 5.89. The fourth-order valence-corrected chi connectivity index (χ4v) is 1.32. The van der Waals surface area contributed by atoms with Crippen LogP contribution in [0, 0.1) is 0 Å². The molecular formula is C8H11F3O5S. The van der Waals surface area contributed by atoms with Crippen molar-refractivity contribution >= 4 is 16.1 Å². The maximum absolute atomic E-state index is 12.0. The van der Waals surface area contributed by atoms with E-state index < -0.39 is 27.4 Å². The highest BCUT2D eigenvalue weighted by Crippen LogP contribution is 2.27. The molecular weight excluding hydrogens is 265 g/mol. The van der Waals surface area contributed by atoms with E-state index in [0.717, 1.165) is 0 Å². The van der Waals surface area contributed by atoms with Crippen LogP contribution in [-0.2, 0) is 19.1 Å². The lowest BCUT2D eigenvalue weighted by molar-refractivity contribution is -0.131. The Morgan fingerprint density at radius 3 is 2.29 bits per heavy atom. The highest BCUT2D eigenvalue weighted by atomic mass is 32.2. The number of hydrogen-bond donors (Lipinski definition) is 1. The van der Waals surface area contributed by atoms with Crippen LogP contribution >= 0.6 is 0 Å². The summed E-state index contributed by atoms with van der Waals surface area (Å²) < 4.78 is 60.9. The Labute approximate surface area is 96.0 Å². The third kappa shape index (κ3) is 5.57. The number of aliphatic carboxylic acids is 1. The summed E-state index contributed by atoms with van der Waals surface area (Å²) in [6, 6.07) is 0. The monoisotopic (exact) mass is 276 g/mol. The Morgan fingerprint density at radius 2 is 1.94 bits per heavy atom. The normalized spacial score (nSPS) is 13.5. The summed E-state index contributed by atoms with van der Waals surface area (Å²) in [5.41, 5.74) is -5.57. The van der Waals surface area contributed by atoms with Crippen molar-refractivity contribution in [1.29, 1.82) is 0 Å². The molecule has 5 nitrogen and oxygen atoms in total. The number of unbranched alkanes of at least 4 members (excludes halogenated alkanes) is 1. The number of hydrogen-bond acceptors (Lipinski definition) is 4. The molecule has 0 aromatic rings. The fourth-order valence-electron chi connectivity index (χ4n) is 0.815. The predicted octanol–water partition coefficient (Wildman–Crippen LogP) is 2.01. The van der Waals surface area contributed by atoms with Crippen LogP contribution < -0.4 is 0 Å². The molecule has 0 aliphatic carbocycles. The van der Waals surface area contributed by atoms with Crippen molar-refractivity contribution in [3.8, 4) is 0 Å². The van der Waals surface area contributed by atoms with Crippen molar-refractivity contribution in [2.24, 2.45) is 0 Å². The Hall–Kier alpha value is -1.25. The van der Waals surface area contributed by atoms with E-state index in [1.54, 1.807) is 6.92 Å². The minimum atomic E-state index is -5.80. The number of carboxylic acids is 1. The van der Waals surface area contributed by atoms with E-state index in [-0.39, 0.29) is 6.42 Å². The number of halogens is 3. The number of carboxylic acid groups (broad SMARTS) is 1. The molecule has 0 atom stereocenters. The molecule has 1 N–H and O–H groups in total. The SMILES string of the molecule is CCCCC(=CC(=O)O)OS(=O)(=O)C(F)(F)F. The quantitative estimate of drug-likeness (QED) is 0.347. The first-order valence-electron chi connectivity index (χ1n) is 4.54. The summed E-state index contributed by atoms with van der Waals surface area (Å²) in [7, 11) is -5.80. The van der Waals surface area contributed by atoms with Gasteiger partial charge < -0.3 is 9.29 Å². The number of carbonyl (C=O) groups is 1. The molecule has 0 saturated heterocycles. The van der Waals surface area contributed by atoms with E-state index in [4.69, 9.17) is 5.11 Å². The van der Waals surface area contributed by atoms with E-state index in [0.29, 0.717) is 18.9 Å². The van der Waals surface area contributed by atoms with Gasteiger partial charge in [-0.05, 0) is 6.42 Å². The average molecular weight is 276 g/mol. The summed E-state index contributed by atoms with van der Waals surface area (Å²) in [5, 5.41) is 8.35. The molecule has 0 unspecified atom stereocenters. The zero-order chi connectivity index (χ0) is 13.7. The van der Waals surface area contributed by atoms with Gasteiger partial charge in [-0.15, -0.1) is 0 Å². The maximum Gasteiger partial charge on any atom is 0.534 e. The van der Waals surface area contributed by atoms with Gasteiger partial charge in [0.2, 0.25) is 0 Å². The van der Waals surface area contributed by atoms with Gasteiger partial charge in [-0.25, -0.2) is 4.79 Å². The summed E-state index contributed by atoms with van der Waals surface area (Å²) in [5.74, 6) is -2.31. The van der Waals surface area contributed by atoms with Crippen molar-refractivity contribution in [2.75, 3.05) is 0 Å². The maximum atomic E-state index is 12.0. The lowest BCUT2D eigenvalue weighted by atomic mass is 10.2. The Bertz CT molecular complexity index is 396. The summed E-state index contributed by atoms with van der Waals surface area (Å²) in [6.45, 7) is 1.71. The summed E-state index contributed by atoms with van der Waals surface area (Å²) in [6.07, 6.45) is 0.968. The molecule has 0 amide bonds. The third-order valence-corrected chi connectivity index (χ3v) is 2.56. The standard InChI is InChI=1S/C8H11F3O5S/c1-2-3-4-6(5-7(12)13)16-17(14,15)8(9,10)11/h5H,2-4H2,1H3,(H,12,13). The van der Waals surface area contributed by atoms with Gasteiger partial charge in [0.15, 0.2) is 0 Å². The van der Waals surface area contributed by atoms with Crippen LogP contribution in [0.3, 0.4) is 0 Å². The van der Waals surface area contributed by atoms with E-state index in [2.05, 4.69) is 4.18 Å². The molecule has 0 fully saturated rings. The van der Waals surface area contributed by atoms with Crippen LogP contribution in [0.15, 0.2) is 11.8 Å². The molecule has 17 heavy (non-hydrogen) atoms. The molecule has 9 heteroatoms. The molecule has 100 valence electrons. The van der Waals surface area contributed by atoms with E-state index in [1.807, 2.05) is 0 Å². The van der Waals surface area contributed by atoms with Gasteiger partial charge >= 0.3 is 21.6 Å². The first-order valence-corrected chi connectivity index (χ1v) is 5.95. The van der Waals surface area contributed by atoms with E-state index in [9.17, 15) is 26.4 Å². The molecule has 0 aliphatic rings. The van der Waals surface area contributed by atoms with Gasteiger partial charge in [-0.2, -0.15) is 21.6 Å². The largest absolute Gasteiger partial charge is 0.534 e. The molecule has 0 bridgehead atoms. The number of alkyl halides is 3. The molecule has 0 saturated carbocycles. The fraction of sp³-hybridized carbons (Fsp3) is 0.625. The number of allylic oxidation sites excluding steroid dienone is 1. The van der Waals surface area contributed by atoms with Crippen molar-refractivity contribution < 1.29 is 35.7 Å². The summed E-state index contributed by atoms with van der Waals surface area (Å²) >= 11 is 0. The highest BCUT2D eigenvalue weighted by Gasteiger charge is 2.48. The Balaban J connectivity index is 4.95. The molecule has 0 aromatic heterocycles. The first kappa shape index (κ1) is 15.8. The van der Waals surface area contributed by atoms with Gasteiger partial charge in [0.1, 0.15) is 5.76 Å². The minimum Gasteiger partial charge on any atom is -0.478 e. The predicted molar refractivity (Wildman–Crippen MR) is 51.3 cm³/mol. The van der Waals surface area contributed by atoms with E-state index >= 15 is 0 Å². The van der Waals surface area contributed by atoms with Gasteiger partial charge in [-0.1, -0.05) is 13.3 Å². The van der Waals surface area contributed by atoms with Gasteiger partial charge in [0.05, 0.1) is 6.08 Å². The molecule has 0 rings (SSSR count). The Morgan fingerprint density at radius 1 is 1.41 bits per heavy atom. The average Bonchev–Trinajstić information content (AvgIpc) is 2.10. The van der Waals surface area contributed by atoms with Crippen molar-refractivity contribution in [2.45, 2.75) is 31.7 Å². The van der Waals surface area contributed by atoms with Gasteiger partial charge in [-0.3, -0.25) is 0 Å². The molecule has 0 heterocycles. The van der Waals surface area contributed by atoms with Crippen LogP contribution in [0.1, 0.15) is 26.2 Å². The van der Waals surface area contributed by atoms with E-state index in [1.165, 1.54) is 0 Å². The first-order chi connectivity index (χ1) is 7.60. The molecule has 0 aliphatic heterocycles. The second-order valence-corrected chi connectivity index (χ2v) is 4.57. The lowest BCUT2D eigenvalue weighted by Gasteiger charge is -2.11. The van der Waals surface area contributed by atoms with Gasteiger partial charge in [0.25, 0.3) is 0 Å². The second-order valence-electron chi connectivity index (χ2n) is 3.04. The zero-order valence-electron chi connectivity index (χ0n) is 8.82. The molecule has 0 spiro atoms. The number of rotatable bonds is 6. The lowest BCUT2D eigenvalue weighted by Crippen LogP contribution is -2.25. The van der Waals surface area contributed by atoms with Crippen LogP contribution in [-0.4, -0.2) is 25.0 Å². The highest BCUT2D eigenvalue weighted by molar-refractivity contribution is 7.87. The van der Waals surface area contributed by atoms with Crippen molar-refractivity contribution in [3.05, 3.63) is 11.8 Å². The van der Waals surface area contributed by atoms with Crippen LogP contribution in [0.4, 0.5) is 13.2 Å². The van der Waals surface area contributed by atoms with Crippen LogP contribution in [0.5, 0.6) is 0 Å². The summed E-state index contributed by atoms with van der Waals surface area (Å²) in [4.78, 5) is 10.3. The van der Waals surface area contributed by atoms with Crippen LogP contribution in [0.2, 0.25) is 0 Å². The van der Waals surface area contributed by atoms with Crippen molar-refractivity contribution in [3.63, 3.8) is 0 Å². The molecule has 0 aromatic carbocycles.